The first-order chi connectivity index (χ1) is 10.8. The molecule has 1 rings (SSSR count). The van der Waals surface area contributed by atoms with Gasteiger partial charge in [0.2, 0.25) is 0 Å². The Balaban J connectivity index is 2.41. The zero-order valence-electron chi connectivity index (χ0n) is 13.4. The molecule has 0 fully saturated rings. The number of hydrogen-bond donors (Lipinski definition) is 2. The number of alkyl halides is 3. The quantitative estimate of drug-likeness (QED) is 0.436. The van der Waals surface area contributed by atoms with Crippen LogP contribution in [0.15, 0.2) is 29.3 Å². The van der Waals surface area contributed by atoms with Crippen molar-refractivity contribution in [3.05, 3.63) is 24.3 Å². The first-order valence-corrected chi connectivity index (χ1v) is 7.49. The van der Waals surface area contributed by atoms with Crippen LogP contribution in [0.2, 0.25) is 0 Å². The number of rotatable bonds is 8. The van der Waals surface area contributed by atoms with Gasteiger partial charge in [-0.05, 0) is 50.3 Å². The first-order valence-electron chi connectivity index (χ1n) is 7.49. The van der Waals surface area contributed by atoms with Gasteiger partial charge in [-0.15, -0.1) is 13.2 Å². The highest BCUT2D eigenvalue weighted by Crippen LogP contribution is 2.23. The van der Waals surface area contributed by atoms with Crippen molar-refractivity contribution < 1.29 is 17.9 Å². The molecule has 0 aliphatic rings. The number of benzene rings is 1. The second kappa shape index (κ2) is 9.24. The zero-order valence-corrected chi connectivity index (χ0v) is 13.4. The molecule has 1 aromatic rings. The summed E-state index contributed by atoms with van der Waals surface area (Å²) in [7, 11) is 0. The van der Waals surface area contributed by atoms with Crippen molar-refractivity contribution in [2.45, 2.75) is 26.6 Å². The predicted molar refractivity (Wildman–Crippen MR) is 85.6 cm³/mol. The average Bonchev–Trinajstić information content (AvgIpc) is 2.48. The topological polar surface area (TPSA) is 62.9 Å². The third-order valence-corrected chi connectivity index (χ3v) is 3.17. The number of nitrogens with two attached hydrogens (primary N) is 1. The zero-order chi connectivity index (χ0) is 17.3. The van der Waals surface area contributed by atoms with E-state index in [9.17, 15) is 13.2 Å². The van der Waals surface area contributed by atoms with E-state index in [2.05, 4.69) is 33.8 Å². The van der Waals surface area contributed by atoms with Crippen LogP contribution in [0.4, 0.5) is 18.9 Å². The summed E-state index contributed by atoms with van der Waals surface area (Å²) in [5.41, 5.74) is 6.29. The Bertz CT molecular complexity index is 484. The smallest absolute Gasteiger partial charge is 0.406 e. The van der Waals surface area contributed by atoms with Gasteiger partial charge in [0.15, 0.2) is 5.96 Å². The lowest BCUT2D eigenvalue weighted by molar-refractivity contribution is -0.274. The number of guanidine groups is 1. The van der Waals surface area contributed by atoms with E-state index < -0.39 is 6.36 Å². The lowest BCUT2D eigenvalue weighted by Crippen LogP contribution is -2.26. The summed E-state index contributed by atoms with van der Waals surface area (Å²) in [5, 5.41) is 2.83. The van der Waals surface area contributed by atoms with Crippen LogP contribution in [0.5, 0.6) is 5.75 Å². The molecule has 5 nitrogen and oxygen atoms in total. The number of nitrogens with zero attached hydrogens (tertiary/aromatic N) is 2. The Labute approximate surface area is 134 Å². The molecule has 0 amide bonds. The Morgan fingerprint density at radius 3 is 2.35 bits per heavy atom. The molecule has 0 bridgehead atoms. The molecule has 0 radical (unpaired) electrons. The maximum atomic E-state index is 12.1. The van der Waals surface area contributed by atoms with Gasteiger partial charge in [0.1, 0.15) is 5.75 Å². The maximum Gasteiger partial charge on any atom is 0.573 e. The van der Waals surface area contributed by atoms with Gasteiger partial charge < -0.3 is 20.7 Å². The molecular weight excluding hydrogens is 309 g/mol. The summed E-state index contributed by atoms with van der Waals surface area (Å²) < 4.78 is 39.9. The van der Waals surface area contributed by atoms with E-state index in [0.717, 1.165) is 26.1 Å². The monoisotopic (exact) mass is 332 g/mol. The molecule has 3 N–H and O–H groups in total. The molecular formula is C15H23F3N4O. The third-order valence-electron chi connectivity index (χ3n) is 3.17. The highest BCUT2D eigenvalue weighted by atomic mass is 19.4. The van der Waals surface area contributed by atoms with Gasteiger partial charge >= 0.3 is 6.36 Å². The summed E-state index contributed by atoms with van der Waals surface area (Å²) in [6, 6.07) is 5.31. The van der Waals surface area contributed by atoms with Crippen molar-refractivity contribution in [1.29, 1.82) is 0 Å². The minimum atomic E-state index is -4.69. The average molecular weight is 332 g/mol. The SMILES string of the molecule is CCN(CC)CCCN=C(N)Nc1ccc(OC(F)(F)F)cc1. The van der Waals surface area contributed by atoms with Gasteiger partial charge in [0.25, 0.3) is 0 Å². The molecule has 8 heteroatoms. The van der Waals surface area contributed by atoms with E-state index >= 15 is 0 Å². The number of anilines is 1. The Morgan fingerprint density at radius 1 is 1.22 bits per heavy atom. The Hall–Kier alpha value is -1.96. The molecule has 130 valence electrons. The molecule has 1 aromatic carbocycles. The molecule has 23 heavy (non-hydrogen) atoms. The highest BCUT2D eigenvalue weighted by molar-refractivity contribution is 5.92. The van der Waals surface area contributed by atoms with E-state index in [4.69, 9.17) is 5.73 Å². The second-order valence-electron chi connectivity index (χ2n) is 4.84. The lowest BCUT2D eigenvalue weighted by atomic mass is 10.3. The molecule has 0 atom stereocenters. The molecule has 0 saturated heterocycles. The number of aliphatic imine (C=N–C) groups is 1. The standard InChI is InChI=1S/C15H23F3N4O/c1-3-22(4-2)11-5-10-20-14(19)21-12-6-8-13(9-7-12)23-15(16,17)18/h6-9H,3-5,10-11H2,1-2H3,(H3,19,20,21). The molecule has 0 aliphatic carbocycles. The fourth-order valence-electron chi connectivity index (χ4n) is 1.96. The minimum absolute atomic E-state index is 0.231. The predicted octanol–water partition coefficient (Wildman–Crippen LogP) is 3.04. The third kappa shape index (κ3) is 8.29. The summed E-state index contributed by atoms with van der Waals surface area (Å²) >= 11 is 0. The summed E-state index contributed by atoms with van der Waals surface area (Å²) in [6.45, 7) is 7.75. The van der Waals surface area contributed by atoms with Gasteiger partial charge in [0, 0.05) is 12.2 Å². The van der Waals surface area contributed by atoms with Crippen LogP contribution in [-0.4, -0.2) is 43.4 Å². The molecule has 0 aliphatic heterocycles. The molecule has 0 heterocycles. The number of hydrogen-bond acceptors (Lipinski definition) is 3. The number of ether oxygens (including phenoxy) is 1. The van der Waals surface area contributed by atoms with Crippen LogP contribution in [0.3, 0.4) is 0 Å². The summed E-state index contributed by atoms with van der Waals surface area (Å²) in [5.74, 6) is -0.0492. The molecule has 0 saturated carbocycles. The van der Waals surface area contributed by atoms with E-state index in [1.54, 1.807) is 0 Å². The number of nitrogens with one attached hydrogen (secondary N) is 1. The Kier molecular flexibility index (Phi) is 7.67. The van der Waals surface area contributed by atoms with Crippen LogP contribution >= 0.6 is 0 Å². The van der Waals surface area contributed by atoms with E-state index in [1.807, 2.05) is 0 Å². The fourth-order valence-corrected chi connectivity index (χ4v) is 1.96. The molecule has 0 spiro atoms. The van der Waals surface area contributed by atoms with Gasteiger partial charge in [-0.1, -0.05) is 13.8 Å². The van der Waals surface area contributed by atoms with E-state index in [-0.39, 0.29) is 11.7 Å². The van der Waals surface area contributed by atoms with Crippen LogP contribution in [0, 0.1) is 0 Å². The Morgan fingerprint density at radius 2 is 1.83 bits per heavy atom. The minimum Gasteiger partial charge on any atom is -0.406 e. The van der Waals surface area contributed by atoms with Crippen LogP contribution in [0.25, 0.3) is 0 Å². The first kappa shape index (κ1) is 19.1. The van der Waals surface area contributed by atoms with Crippen molar-refractivity contribution in [3.63, 3.8) is 0 Å². The maximum absolute atomic E-state index is 12.1. The number of halogens is 3. The van der Waals surface area contributed by atoms with E-state index in [0.29, 0.717) is 12.2 Å². The van der Waals surface area contributed by atoms with Crippen molar-refractivity contribution in [2.75, 3.05) is 31.5 Å². The second-order valence-corrected chi connectivity index (χ2v) is 4.84. The highest BCUT2D eigenvalue weighted by Gasteiger charge is 2.30. The fraction of sp³-hybridized carbons (Fsp3) is 0.533. The lowest BCUT2D eigenvalue weighted by Gasteiger charge is -2.16. The van der Waals surface area contributed by atoms with Crippen molar-refractivity contribution >= 4 is 11.6 Å². The largest absolute Gasteiger partial charge is 0.573 e. The van der Waals surface area contributed by atoms with Crippen LogP contribution in [-0.2, 0) is 0 Å². The van der Waals surface area contributed by atoms with Crippen LogP contribution in [0.1, 0.15) is 20.3 Å². The van der Waals surface area contributed by atoms with Crippen molar-refractivity contribution in [1.82, 2.24) is 4.90 Å². The van der Waals surface area contributed by atoms with Crippen molar-refractivity contribution in [3.8, 4) is 5.75 Å². The van der Waals surface area contributed by atoms with Crippen LogP contribution < -0.4 is 15.8 Å². The van der Waals surface area contributed by atoms with E-state index in [1.165, 1.54) is 24.3 Å². The van der Waals surface area contributed by atoms with Gasteiger partial charge in [-0.25, -0.2) is 0 Å². The molecule has 0 unspecified atom stereocenters. The van der Waals surface area contributed by atoms with Gasteiger partial charge in [-0.2, -0.15) is 0 Å². The molecule has 0 aromatic heterocycles. The van der Waals surface area contributed by atoms with Gasteiger partial charge in [0.05, 0.1) is 0 Å². The van der Waals surface area contributed by atoms with Gasteiger partial charge in [-0.3, -0.25) is 4.99 Å². The summed E-state index contributed by atoms with van der Waals surface area (Å²) in [6.07, 6.45) is -3.80. The summed E-state index contributed by atoms with van der Waals surface area (Å²) in [4.78, 5) is 6.48. The van der Waals surface area contributed by atoms with Crippen molar-refractivity contribution in [2.24, 2.45) is 10.7 Å². The normalized spacial score (nSPS) is 12.5.